The van der Waals surface area contributed by atoms with Gasteiger partial charge in [0.05, 0.1) is 18.8 Å². The Labute approximate surface area is 222 Å². The Kier molecular flexibility index (Phi) is 7.90. The monoisotopic (exact) mass is 523 g/mol. The Hall–Kier alpha value is -3.50. The van der Waals surface area contributed by atoms with E-state index in [2.05, 4.69) is 15.6 Å². The second-order valence-electron chi connectivity index (χ2n) is 11.0. The number of carbonyl (C=O) groups excluding carboxylic acids is 3. The average molecular weight is 524 g/mol. The van der Waals surface area contributed by atoms with Crippen LogP contribution in [0.3, 0.4) is 0 Å². The SMILES string of the molecule is CN1CCNC(=O)C[C@H]2CN(C(=O)CCC3CCCCC3)C[C@H]2n2cc(nn2)Cn2cccc(c2=O)C1=O. The maximum Gasteiger partial charge on any atom is 0.263 e. The summed E-state index contributed by atoms with van der Waals surface area (Å²) in [4.78, 5) is 55.2. The van der Waals surface area contributed by atoms with E-state index < -0.39 is 11.5 Å². The highest BCUT2D eigenvalue weighted by atomic mass is 16.2. The standard InChI is InChI=1S/C27H37N7O4/c1-31-13-11-28-24(35)14-20-15-33(25(36)10-9-19-6-3-2-4-7-19)18-23(20)34-17-21(29-30-34)16-32-12-5-8-22(26(31)37)27(32)38/h5,8,12,17,19-20,23H,2-4,6-7,9-11,13-16,18H2,1H3,(H,28,35)/t20-,23+/m0/s1. The first-order valence-electron chi connectivity index (χ1n) is 13.8. The van der Waals surface area contributed by atoms with Crippen LogP contribution in [-0.4, -0.2) is 80.3 Å². The first-order valence-corrected chi connectivity index (χ1v) is 13.8. The Bertz CT molecular complexity index is 1230. The predicted molar refractivity (Wildman–Crippen MR) is 139 cm³/mol. The molecular formula is C27H37N7O4. The summed E-state index contributed by atoms with van der Waals surface area (Å²) < 4.78 is 3.19. The van der Waals surface area contributed by atoms with Gasteiger partial charge in [0, 0.05) is 58.2 Å². The highest BCUT2D eigenvalue weighted by molar-refractivity contribution is 5.93. The van der Waals surface area contributed by atoms with Gasteiger partial charge in [-0.05, 0) is 24.5 Å². The summed E-state index contributed by atoms with van der Waals surface area (Å²) in [5.74, 6) is 0.138. The summed E-state index contributed by atoms with van der Waals surface area (Å²) in [6.45, 7) is 1.71. The molecule has 2 aliphatic heterocycles. The number of carbonyl (C=O) groups is 3. The zero-order chi connectivity index (χ0) is 26.6. The molecule has 1 saturated carbocycles. The molecule has 0 spiro atoms. The third-order valence-electron chi connectivity index (χ3n) is 8.29. The van der Waals surface area contributed by atoms with Crippen LogP contribution in [0.15, 0.2) is 29.3 Å². The molecule has 1 N–H and O–H groups in total. The maximum atomic E-state index is 13.2. The normalized spacial score (nSPS) is 23.3. The van der Waals surface area contributed by atoms with Gasteiger partial charge in [0.2, 0.25) is 11.8 Å². The molecule has 0 radical (unpaired) electrons. The van der Waals surface area contributed by atoms with Gasteiger partial charge in [0.15, 0.2) is 0 Å². The summed E-state index contributed by atoms with van der Waals surface area (Å²) in [7, 11) is 1.61. The van der Waals surface area contributed by atoms with E-state index in [-0.39, 0.29) is 55.4 Å². The molecule has 4 bridgehead atoms. The summed E-state index contributed by atoms with van der Waals surface area (Å²) in [5, 5.41) is 11.5. The minimum Gasteiger partial charge on any atom is -0.354 e. The van der Waals surface area contributed by atoms with Crippen molar-refractivity contribution in [3.63, 3.8) is 0 Å². The molecule has 1 saturated heterocycles. The zero-order valence-corrected chi connectivity index (χ0v) is 22.1. The van der Waals surface area contributed by atoms with Crippen molar-refractivity contribution in [3.05, 3.63) is 46.1 Å². The highest BCUT2D eigenvalue weighted by Crippen LogP contribution is 2.32. The van der Waals surface area contributed by atoms with Crippen molar-refractivity contribution in [1.82, 2.24) is 34.7 Å². The van der Waals surface area contributed by atoms with Crippen LogP contribution in [-0.2, 0) is 16.1 Å². The molecule has 4 heterocycles. The third-order valence-corrected chi connectivity index (χ3v) is 8.29. The Morgan fingerprint density at radius 1 is 1.13 bits per heavy atom. The molecule has 11 heteroatoms. The molecule has 0 unspecified atom stereocenters. The van der Waals surface area contributed by atoms with E-state index in [4.69, 9.17) is 0 Å². The number of likely N-dealkylation sites (tertiary alicyclic amines) is 1. The molecule has 204 valence electrons. The summed E-state index contributed by atoms with van der Waals surface area (Å²) in [5.41, 5.74) is 0.241. The molecule has 2 aromatic heterocycles. The summed E-state index contributed by atoms with van der Waals surface area (Å²) in [6.07, 6.45) is 11.4. The van der Waals surface area contributed by atoms with Crippen LogP contribution in [0.4, 0.5) is 0 Å². The third kappa shape index (κ3) is 5.81. The number of hydrogen-bond donors (Lipinski definition) is 1. The summed E-state index contributed by atoms with van der Waals surface area (Å²) in [6, 6.07) is 3.00. The largest absolute Gasteiger partial charge is 0.354 e. The first-order chi connectivity index (χ1) is 18.4. The van der Waals surface area contributed by atoms with Crippen LogP contribution < -0.4 is 10.9 Å². The summed E-state index contributed by atoms with van der Waals surface area (Å²) >= 11 is 0. The molecule has 0 aromatic carbocycles. The predicted octanol–water partition coefficient (Wildman–Crippen LogP) is 1.44. The zero-order valence-electron chi connectivity index (χ0n) is 22.1. The van der Waals surface area contributed by atoms with Crippen molar-refractivity contribution in [1.29, 1.82) is 0 Å². The highest BCUT2D eigenvalue weighted by Gasteiger charge is 2.38. The molecule has 38 heavy (non-hydrogen) atoms. The lowest BCUT2D eigenvalue weighted by molar-refractivity contribution is -0.131. The van der Waals surface area contributed by atoms with Gasteiger partial charge >= 0.3 is 0 Å². The van der Waals surface area contributed by atoms with Crippen molar-refractivity contribution >= 4 is 17.7 Å². The van der Waals surface area contributed by atoms with E-state index >= 15 is 0 Å². The molecule has 2 aromatic rings. The van der Waals surface area contributed by atoms with E-state index in [1.807, 2.05) is 4.90 Å². The van der Waals surface area contributed by atoms with Gasteiger partial charge < -0.3 is 19.7 Å². The molecular weight excluding hydrogens is 486 g/mol. The topological polar surface area (TPSA) is 122 Å². The number of hydrogen-bond acceptors (Lipinski definition) is 6. The number of nitrogens with zero attached hydrogens (tertiary/aromatic N) is 6. The Morgan fingerprint density at radius 3 is 2.76 bits per heavy atom. The van der Waals surface area contributed by atoms with Crippen molar-refractivity contribution in [2.75, 3.05) is 33.2 Å². The number of amides is 3. The van der Waals surface area contributed by atoms with Gasteiger partial charge in [-0.3, -0.25) is 19.2 Å². The number of rotatable bonds is 3. The van der Waals surface area contributed by atoms with Gasteiger partial charge in [-0.15, -0.1) is 5.10 Å². The van der Waals surface area contributed by atoms with Gasteiger partial charge in [0.1, 0.15) is 11.3 Å². The number of pyridine rings is 1. The smallest absolute Gasteiger partial charge is 0.263 e. The number of nitrogens with one attached hydrogen (secondary N) is 1. The van der Waals surface area contributed by atoms with E-state index in [1.54, 1.807) is 30.2 Å². The van der Waals surface area contributed by atoms with Crippen molar-refractivity contribution in [2.24, 2.45) is 11.8 Å². The molecule has 2 fully saturated rings. The molecule has 1 aliphatic carbocycles. The fourth-order valence-corrected chi connectivity index (χ4v) is 6.05. The maximum absolute atomic E-state index is 13.2. The molecule has 11 nitrogen and oxygen atoms in total. The van der Waals surface area contributed by atoms with E-state index in [0.29, 0.717) is 31.1 Å². The van der Waals surface area contributed by atoms with Crippen molar-refractivity contribution in [2.45, 2.75) is 64.0 Å². The number of likely N-dealkylation sites (N-methyl/N-ethyl adjacent to an activating group) is 1. The van der Waals surface area contributed by atoms with Crippen LogP contribution in [0.2, 0.25) is 0 Å². The minimum absolute atomic E-state index is 0.0686. The number of aromatic nitrogens is 4. The second-order valence-corrected chi connectivity index (χ2v) is 11.0. The average Bonchev–Trinajstić information content (AvgIpc) is 3.55. The van der Waals surface area contributed by atoms with E-state index in [9.17, 15) is 19.2 Å². The Morgan fingerprint density at radius 2 is 1.95 bits per heavy atom. The van der Waals surface area contributed by atoms with Gasteiger partial charge in [-0.1, -0.05) is 37.3 Å². The van der Waals surface area contributed by atoms with Crippen LogP contribution in [0, 0.1) is 11.8 Å². The van der Waals surface area contributed by atoms with Crippen molar-refractivity contribution in [3.8, 4) is 0 Å². The van der Waals surface area contributed by atoms with Crippen LogP contribution in [0.25, 0.3) is 0 Å². The van der Waals surface area contributed by atoms with Gasteiger partial charge in [0.25, 0.3) is 11.5 Å². The van der Waals surface area contributed by atoms with E-state index in [0.717, 1.165) is 6.42 Å². The molecule has 3 aliphatic rings. The fraction of sp³-hybridized carbons (Fsp3) is 0.630. The molecule has 2 atom stereocenters. The quantitative estimate of drug-likeness (QED) is 0.650. The van der Waals surface area contributed by atoms with Crippen LogP contribution in [0.1, 0.15) is 73.5 Å². The van der Waals surface area contributed by atoms with E-state index in [1.165, 1.54) is 47.6 Å². The van der Waals surface area contributed by atoms with Crippen LogP contribution in [0.5, 0.6) is 0 Å². The lowest BCUT2D eigenvalue weighted by Crippen LogP contribution is -2.39. The first kappa shape index (κ1) is 26.1. The second kappa shape index (κ2) is 11.5. The van der Waals surface area contributed by atoms with Gasteiger partial charge in [-0.2, -0.15) is 0 Å². The Balaban J connectivity index is 1.36. The number of fused-ring (bicyclic) bond motifs is 6. The molecule has 3 amide bonds. The van der Waals surface area contributed by atoms with Crippen molar-refractivity contribution < 1.29 is 14.4 Å². The lowest BCUT2D eigenvalue weighted by atomic mass is 9.86. The van der Waals surface area contributed by atoms with Crippen LogP contribution >= 0.6 is 0 Å². The fourth-order valence-electron chi connectivity index (χ4n) is 6.05. The van der Waals surface area contributed by atoms with Gasteiger partial charge in [-0.25, -0.2) is 4.68 Å². The lowest BCUT2D eigenvalue weighted by Gasteiger charge is -2.22. The molecule has 5 rings (SSSR count). The minimum atomic E-state index is -0.400.